The highest BCUT2D eigenvalue weighted by Crippen LogP contribution is 2.37. The molecule has 0 aromatic rings. The van der Waals surface area contributed by atoms with Crippen molar-refractivity contribution in [3.05, 3.63) is 0 Å². The van der Waals surface area contributed by atoms with Gasteiger partial charge >= 0.3 is 0 Å². The molecule has 104 valence electrons. The van der Waals surface area contributed by atoms with Gasteiger partial charge in [-0.3, -0.25) is 9.69 Å². The van der Waals surface area contributed by atoms with E-state index in [0.29, 0.717) is 6.42 Å². The molecule has 1 fully saturated rings. The summed E-state index contributed by atoms with van der Waals surface area (Å²) >= 11 is 0. The lowest BCUT2D eigenvalue weighted by atomic mass is 9.98. The van der Waals surface area contributed by atoms with Gasteiger partial charge in [-0.15, -0.1) is 12.3 Å². The lowest BCUT2D eigenvalue weighted by Gasteiger charge is -2.34. The average molecular weight is 262 g/mol. The van der Waals surface area contributed by atoms with E-state index in [2.05, 4.69) is 26.4 Å². The van der Waals surface area contributed by atoms with Gasteiger partial charge in [0, 0.05) is 32.9 Å². The summed E-state index contributed by atoms with van der Waals surface area (Å²) < 4.78 is 0. The van der Waals surface area contributed by atoms with Crippen molar-refractivity contribution in [2.75, 3.05) is 20.1 Å². The third kappa shape index (κ3) is 3.54. The molecule has 1 unspecified atom stereocenters. The maximum Gasteiger partial charge on any atom is 0.237 e. The molecule has 0 spiro atoms. The largest absolute Gasteiger partial charge is 0.358 e. The number of terminal acetylenes is 1. The van der Waals surface area contributed by atoms with Crippen molar-refractivity contribution < 1.29 is 4.79 Å². The Balaban J connectivity index is 1.83. The predicted octanol–water partition coefficient (Wildman–Crippen LogP) is 1.55. The molecule has 1 N–H and O–H groups in total. The van der Waals surface area contributed by atoms with E-state index in [0.717, 1.165) is 38.8 Å². The Bertz CT molecular complexity index is 393. The summed E-state index contributed by atoms with van der Waals surface area (Å²) in [4.78, 5) is 14.1. The van der Waals surface area contributed by atoms with Crippen LogP contribution in [-0.2, 0) is 4.79 Å². The fourth-order valence-corrected chi connectivity index (χ4v) is 2.71. The van der Waals surface area contributed by atoms with Gasteiger partial charge < -0.3 is 5.32 Å². The van der Waals surface area contributed by atoms with Crippen LogP contribution in [0.1, 0.15) is 38.5 Å². The van der Waals surface area contributed by atoms with Gasteiger partial charge in [0.05, 0.1) is 6.04 Å². The maximum atomic E-state index is 11.9. The van der Waals surface area contributed by atoms with E-state index in [1.807, 2.05) is 0 Å². The first kappa shape index (κ1) is 14.0. The van der Waals surface area contributed by atoms with Crippen LogP contribution in [0.3, 0.4) is 0 Å². The van der Waals surface area contributed by atoms with Crippen molar-refractivity contribution in [2.45, 2.75) is 50.2 Å². The van der Waals surface area contributed by atoms with Gasteiger partial charge in [0.15, 0.2) is 5.66 Å². The Hall–Kier alpha value is -1.41. The number of amides is 1. The highest BCUT2D eigenvalue weighted by atomic mass is 16.2. The number of likely N-dealkylation sites (tertiary alicyclic amines) is 1. The number of nitrogens with one attached hydrogen (secondary N) is 1. The summed E-state index contributed by atoms with van der Waals surface area (Å²) in [6, 6.07) is 0.0159. The van der Waals surface area contributed by atoms with E-state index in [1.165, 1.54) is 6.42 Å². The second-order valence-corrected chi connectivity index (χ2v) is 5.30. The van der Waals surface area contributed by atoms with Gasteiger partial charge in [-0.25, -0.2) is 0 Å². The van der Waals surface area contributed by atoms with Crippen LogP contribution < -0.4 is 5.32 Å². The van der Waals surface area contributed by atoms with Crippen LogP contribution in [0.4, 0.5) is 0 Å². The third-order valence-corrected chi connectivity index (χ3v) is 4.01. The lowest BCUT2D eigenvalue weighted by molar-refractivity contribution is -0.127. The summed E-state index contributed by atoms with van der Waals surface area (Å²) in [5, 5.41) is 11.1. The summed E-state index contributed by atoms with van der Waals surface area (Å²) in [7, 11) is 1.70. The molecule has 0 saturated carbocycles. The van der Waals surface area contributed by atoms with Crippen LogP contribution in [0.2, 0.25) is 0 Å². The topological polar surface area (TPSA) is 57.1 Å². The second kappa shape index (κ2) is 6.16. The molecule has 1 saturated heterocycles. The standard InChI is InChI=1S/C14H22N4O/c1-3-4-8-14(16-17-14)9-11-18-10-6-5-7-12(18)13(19)15-2/h1,12H,4-11H2,2H3,(H,15,19). The van der Waals surface area contributed by atoms with E-state index in [9.17, 15) is 4.79 Å². The van der Waals surface area contributed by atoms with Crippen LogP contribution in [0.25, 0.3) is 0 Å². The summed E-state index contributed by atoms with van der Waals surface area (Å²) in [6.45, 7) is 1.86. The van der Waals surface area contributed by atoms with Crippen molar-refractivity contribution in [3.8, 4) is 12.3 Å². The van der Waals surface area contributed by atoms with Crippen LogP contribution in [-0.4, -0.2) is 42.6 Å². The molecule has 5 nitrogen and oxygen atoms in total. The van der Waals surface area contributed by atoms with Gasteiger partial charge in [-0.1, -0.05) is 6.42 Å². The van der Waals surface area contributed by atoms with Crippen molar-refractivity contribution in [1.29, 1.82) is 0 Å². The van der Waals surface area contributed by atoms with Crippen molar-refractivity contribution in [1.82, 2.24) is 10.2 Å². The molecule has 0 radical (unpaired) electrons. The predicted molar refractivity (Wildman–Crippen MR) is 73.5 cm³/mol. The smallest absolute Gasteiger partial charge is 0.237 e. The van der Waals surface area contributed by atoms with Gasteiger partial charge in [0.2, 0.25) is 5.91 Å². The van der Waals surface area contributed by atoms with E-state index in [1.54, 1.807) is 7.05 Å². The van der Waals surface area contributed by atoms with E-state index >= 15 is 0 Å². The zero-order chi connectivity index (χ0) is 13.7. The second-order valence-electron chi connectivity index (χ2n) is 5.30. The van der Waals surface area contributed by atoms with Crippen LogP contribution in [0.15, 0.2) is 10.2 Å². The number of hydrogen-bond acceptors (Lipinski definition) is 4. The number of rotatable bonds is 6. The summed E-state index contributed by atoms with van der Waals surface area (Å²) in [6.07, 6.45) is 11.0. The van der Waals surface area contributed by atoms with Gasteiger partial charge in [-0.2, -0.15) is 10.2 Å². The first-order chi connectivity index (χ1) is 9.21. The third-order valence-electron chi connectivity index (χ3n) is 4.01. The molecule has 0 aromatic carbocycles. The van der Waals surface area contributed by atoms with Crippen molar-refractivity contribution in [2.24, 2.45) is 10.2 Å². The Kier molecular flexibility index (Phi) is 4.54. The van der Waals surface area contributed by atoms with Crippen molar-refractivity contribution in [3.63, 3.8) is 0 Å². The highest BCUT2D eigenvalue weighted by molar-refractivity contribution is 5.81. The summed E-state index contributed by atoms with van der Waals surface area (Å²) in [5.41, 5.74) is -0.239. The fraction of sp³-hybridized carbons (Fsp3) is 0.786. The molecule has 2 aliphatic heterocycles. The molecule has 2 rings (SSSR count). The minimum Gasteiger partial charge on any atom is -0.358 e. The van der Waals surface area contributed by atoms with Crippen LogP contribution in [0, 0.1) is 12.3 Å². The van der Waals surface area contributed by atoms with Gasteiger partial charge in [0.1, 0.15) is 0 Å². The first-order valence-electron chi connectivity index (χ1n) is 7.04. The molecule has 2 aliphatic rings. The maximum absolute atomic E-state index is 11.9. The molecule has 5 heteroatoms. The lowest BCUT2D eigenvalue weighted by Crippen LogP contribution is -2.49. The van der Waals surface area contributed by atoms with E-state index in [-0.39, 0.29) is 17.6 Å². The number of likely N-dealkylation sites (N-methyl/N-ethyl adjacent to an activating group) is 1. The molecule has 1 atom stereocenters. The van der Waals surface area contributed by atoms with Gasteiger partial charge in [0.25, 0.3) is 0 Å². The number of piperidine rings is 1. The van der Waals surface area contributed by atoms with Crippen molar-refractivity contribution >= 4 is 5.91 Å². The van der Waals surface area contributed by atoms with Crippen LogP contribution in [0.5, 0.6) is 0 Å². The zero-order valence-corrected chi connectivity index (χ0v) is 11.6. The molecule has 0 aromatic heterocycles. The number of nitrogens with zero attached hydrogens (tertiary/aromatic N) is 3. The van der Waals surface area contributed by atoms with Crippen LogP contribution >= 0.6 is 0 Å². The molecule has 0 bridgehead atoms. The molecule has 2 heterocycles. The Labute approximate surface area is 114 Å². The minimum atomic E-state index is -0.239. The SMILES string of the molecule is C#CCCC1(CCN2CCCCC2C(=O)NC)N=N1. The quantitative estimate of drug-likeness (QED) is 0.738. The van der Waals surface area contributed by atoms with E-state index in [4.69, 9.17) is 6.42 Å². The summed E-state index contributed by atoms with van der Waals surface area (Å²) in [5.74, 6) is 2.77. The fourth-order valence-electron chi connectivity index (χ4n) is 2.71. The van der Waals surface area contributed by atoms with E-state index < -0.39 is 0 Å². The Morgan fingerprint density at radius 2 is 2.26 bits per heavy atom. The molecular weight excluding hydrogens is 240 g/mol. The Morgan fingerprint density at radius 1 is 1.47 bits per heavy atom. The Morgan fingerprint density at radius 3 is 2.89 bits per heavy atom. The minimum absolute atomic E-state index is 0.0159. The molecule has 19 heavy (non-hydrogen) atoms. The number of carbonyl (C=O) groups excluding carboxylic acids is 1. The molecule has 0 aliphatic carbocycles. The monoisotopic (exact) mass is 262 g/mol. The van der Waals surface area contributed by atoms with Gasteiger partial charge in [-0.05, 0) is 19.4 Å². The highest BCUT2D eigenvalue weighted by Gasteiger charge is 2.40. The average Bonchev–Trinajstić information content (AvgIpc) is 3.23. The number of carbonyl (C=O) groups is 1. The number of hydrogen-bond donors (Lipinski definition) is 1. The normalized spacial score (nSPS) is 24.7. The molecular formula is C14H22N4O. The molecule has 1 amide bonds. The first-order valence-corrected chi connectivity index (χ1v) is 7.04. The zero-order valence-electron chi connectivity index (χ0n) is 11.6.